The molecule has 1 aliphatic heterocycles. The first-order valence-corrected chi connectivity index (χ1v) is 4.12. The van der Waals surface area contributed by atoms with E-state index in [9.17, 15) is 4.39 Å². The number of hydrogen-bond acceptors (Lipinski definition) is 1. The molecule has 1 saturated carbocycles. The van der Waals surface area contributed by atoms with Crippen molar-refractivity contribution >= 4 is 0 Å². The van der Waals surface area contributed by atoms with Gasteiger partial charge in [-0.1, -0.05) is 0 Å². The Labute approximate surface area is 61.0 Å². The summed E-state index contributed by atoms with van der Waals surface area (Å²) in [6, 6.07) is 0.174. The van der Waals surface area contributed by atoms with Crippen molar-refractivity contribution in [2.24, 2.45) is 5.92 Å². The summed E-state index contributed by atoms with van der Waals surface area (Å²) >= 11 is 0. The molecule has 1 aliphatic carbocycles. The second kappa shape index (κ2) is 1.94. The van der Waals surface area contributed by atoms with E-state index >= 15 is 0 Å². The summed E-state index contributed by atoms with van der Waals surface area (Å²) in [6.45, 7) is 2.60. The van der Waals surface area contributed by atoms with Gasteiger partial charge in [0.2, 0.25) is 0 Å². The molecule has 2 fully saturated rings. The number of hydrogen-bond donors (Lipinski definition) is 1. The summed E-state index contributed by atoms with van der Waals surface area (Å²) < 4.78 is 13.5. The molecule has 1 N–H and O–H groups in total. The standard InChI is InChI=1S/C8H14FN/c1-8(9)4-5-10-7(8)6-2-3-6/h6-7,10H,2-5H2,1H3. The molecule has 1 nitrogen and oxygen atoms in total. The predicted octanol–water partition coefficient (Wildman–Crippen LogP) is 1.49. The van der Waals surface area contributed by atoms with Crippen molar-refractivity contribution in [2.75, 3.05) is 6.54 Å². The molecule has 2 aliphatic rings. The zero-order valence-electron chi connectivity index (χ0n) is 6.36. The third-order valence-electron chi connectivity index (χ3n) is 2.72. The van der Waals surface area contributed by atoms with Gasteiger partial charge >= 0.3 is 0 Å². The fraction of sp³-hybridized carbons (Fsp3) is 1.00. The minimum absolute atomic E-state index is 0.174. The van der Waals surface area contributed by atoms with Crippen molar-refractivity contribution in [1.29, 1.82) is 0 Å². The molecule has 0 radical (unpaired) electrons. The van der Waals surface area contributed by atoms with E-state index in [-0.39, 0.29) is 6.04 Å². The van der Waals surface area contributed by atoms with E-state index in [1.54, 1.807) is 6.92 Å². The zero-order chi connectivity index (χ0) is 7.19. The van der Waals surface area contributed by atoms with Gasteiger partial charge in [0.15, 0.2) is 0 Å². The van der Waals surface area contributed by atoms with Crippen molar-refractivity contribution < 1.29 is 4.39 Å². The van der Waals surface area contributed by atoms with Gasteiger partial charge in [0.05, 0.1) is 0 Å². The molecule has 0 aromatic heterocycles. The van der Waals surface area contributed by atoms with Crippen molar-refractivity contribution in [2.45, 2.75) is 37.9 Å². The lowest BCUT2D eigenvalue weighted by molar-refractivity contribution is 0.155. The van der Waals surface area contributed by atoms with Crippen molar-refractivity contribution in [1.82, 2.24) is 5.32 Å². The molecule has 2 heteroatoms. The second-order valence-corrected chi connectivity index (χ2v) is 3.80. The van der Waals surface area contributed by atoms with Crippen LogP contribution in [0.25, 0.3) is 0 Å². The van der Waals surface area contributed by atoms with Crippen LogP contribution < -0.4 is 5.32 Å². The van der Waals surface area contributed by atoms with Gasteiger partial charge in [-0.25, -0.2) is 4.39 Å². The van der Waals surface area contributed by atoms with Crippen LogP contribution in [0.2, 0.25) is 0 Å². The molecule has 0 aromatic carbocycles. The number of rotatable bonds is 1. The molecule has 0 aromatic rings. The Morgan fingerprint density at radius 1 is 1.50 bits per heavy atom. The SMILES string of the molecule is CC1(F)CCNC1C1CC1. The largest absolute Gasteiger partial charge is 0.311 e. The molecule has 1 heterocycles. The highest BCUT2D eigenvalue weighted by molar-refractivity contribution is 5.02. The first-order valence-electron chi connectivity index (χ1n) is 4.12. The quantitative estimate of drug-likeness (QED) is 0.586. The Morgan fingerprint density at radius 3 is 2.60 bits per heavy atom. The summed E-state index contributed by atoms with van der Waals surface area (Å²) in [7, 11) is 0. The molecule has 1 saturated heterocycles. The third-order valence-corrected chi connectivity index (χ3v) is 2.72. The smallest absolute Gasteiger partial charge is 0.124 e. The van der Waals surface area contributed by atoms with Crippen LogP contribution in [0, 0.1) is 5.92 Å². The minimum atomic E-state index is -0.916. The van der Waals surface area contributed by atoms with Gasteiger partial charge in [-0.15, -0.1) is 0 Å². The predicted molar refractivity (Wildman–Crippen MR) is 38.6 cm³/mol. The van der Waals surface area contributed by atoms with E-state index in [1.165, 1.54) is 12.8 Å². The van der Waals surface area contributed by atoms with E-state index < -0.39 is 5.67 Å². The number of alkyl halides is 1. The average Bonchev–Trinajstić information content (AvgIpc) is 2.58. The highest BCUT2D eigenvalue weighted by Gasteiger charge is 2.47. The summed E-state index contributed by atoms with van der Waals surface area (Å²) in [6.07, 6.45) is 3.17. The Balaban J connectivity index is 2.05. The Morgan fingerprint density at radius 2 is 2.20 bits per heavy atom. The molecule has 58 valence electrons. The lowest BCUT2D eigenvalue weighted by atomic mass is 9.96. The van der Waals surface area contributed by atoms with Gasteiger partial charge in [-0.2, -0.15) is 0 Å². The van der Waals surface area contributed by atoms with Gasteiger partial charge < -0.3 is 5.32 Å². The van der Waals surface area contributed by atoms with E-state index in [0.717, 1.165) is 6.54 Å². The summed E-state index contributed by atoms with van der Waals surface area (Å²) in [5.41, 5.74) is -0.916. The number of halogens is 1. The number of nitrogens with one attached hydrogen (secondary N) is 1. The molecule has 10 heavy (non-hydrogen) atoms. The van der Waals surface area contributed by atoms with Crippen LogP contribution in [-0.4, -0.2) is 18.3 Å². The summed E-state index contributed by atoms with van der Waals surface area (Å²) in [4.78, 5) is 0. The van der Waals surface area contributed by atoms with E-state index in [1.807, 2.05) is 0 Å². The summed E-state index contributed by atoms with van der Waals surface area (Å²) in [5.74, 6) is 0.650. The topological polar surface area (TPSA) is 12.0 Å². The average molecular weight is 143 g/mol. The fourth-order valence-electron chi connectivity index (χ4n) is 1.93. The molecule has 2 rings (SSSR count). The minimum Gasteiger partial charge on any atom is -0.311 e. The summed E-state index contributed by atoms with van der Waals surface area (Å²) in [5, 5.41) is 3.23. The maximum atomic E-state index is 13.5. The van der Waals surface area contributed by atoms with Crippen LogP contribution >= 0.6 is 0 Å². The first-order chi connectivity index (χ1) is 4.70. The monoisotopic (exact) mass is 143 g/mol. The normalized spacial score (nSPS) is 48.0. The second-order valence-electron chi connectivity index (χ2n) is 3.80. The van der Waals surface area contributed by atoms with Crippen LogP contribution in [0.4, 0.5) is 4.39 Å². The highest BCUT2D eigenvalue weighted by Crippen LogP contribution is 2.41. The maximum absolute atomic E-state index is 13.5. The molecular formula is C8H14FN. The van der Waals surface area contributed by atoms with Crippen LogP contribution in [0.3, 0.4) is 0 Å². The Kier molecular flexibility index (Phi) is 1.28. The van der Waals surface area contributed by atoms with Gasteiger partial charge in [-0.3, -0.25) is 0 Å². The van der Waals surface area contributed by atoms with Gasteiger partial charge in [0.25, 0.3) is 0 Å². The van der Waals surface area contributed by atoms with Crippen LogP contribution in [0.5, 0.6) is 0 Å². The van der Waals surface area contributed by atoms with E-state index in [2.05, 4.69) is 5.32 Å². The lowest BCUT2D eigenvalue weighted by Gasteiger charge is -2.21. The van der Waals surface area contributed by atoms with Gasteiger partial charge in [0.1, 0.15) is 5.67 Å². The highest BCUT2D eigenvalue weighted by atomic mass is 19.1. The molecular weight excluding hydrogens is 129 g/mol. The fourth-order valence-corrected chi connectivity index (χ4v) is 1.93. The van der Waals surface area contributed by atoms with Crippen molar-refractivity contribution in [3.63, 3.8) is 0 Å². The Bertz CT molecular complexity index is 140. The molecule has 2 atom stereocenters. The van der Waals surface area contributed by atoms with E-state index in [4.69, 9.17) is 0 Å². The van der Waals surface area contributed by atoms with Crippen LogP contribution in [-0.2, 0) is 0 Å². The Hall–Kier alpha value is -0.110. The van der Waals surface area contributed by atoms with Gasteiger partial charge in [-0.05, 0) is 38.6 Å². The van der Waals surface area contributed by atoms with Crippen LogP contribution in [0.1, 0.15) is 26.2 Å². The first kappa shape index (κ1) is 6.59. The third kappa shape index (κ3) is 0.947. The van der Waals surface area contributed by atoms with Crippen molar-refractivity contribution in [3.05, 3.63) is 0 Å². The molecule has 0 bridgehead atoms. The molecule has 2 unspecified atom stereocenters. The molecule has 0 spiro atoms. The molecule has 0 amide bonds. The zero-order valence-corrected chi connectivity index (χ0v) is 6.36. The van der Waals surface area contributed by atoms with Gasteiger partial charge in [0, 0.05) is 6.04 Å². The maximum Gasteiger partial charge on any atom is 0.124 e. The lowest BCUT2D eigenvalue weighted by Crippen LogP contribution is -2.38. The van der Waals surface area contributed by atoms with E-state index in [0.29, 0.717) is 12.3 Å². The van der Waals surface area contributed by atoms with Crippen LogP contribution in [0.15, 0.2) is 0 Å². The van der Waals surface area contributed by atoms with Crippen molar-refractivity contribution in [3.8, 4) is 0 Å².